The largest absolute Gasteiger partial charge is 0.466 e. The molecule has 3 aliphatic rings. The molecule has 1 aliphatic carbocycles. The Hall–Kier alpha value is -2.94. The van der Waals surface area contributed by atoms with E-state index in [2.05, 4.69) is 6.58 Å². The van der Waals surface area contributed by atoms with Crippen LogP contribution in [0.3, 0.4) is 0 Å². The molecule has 6 atom stereocenters. The van der Waals surface area contributed by atoms with Crippen molar-refractivity contribution in [2.75, 3.05) is 7.11 Å². The van der Waals surface area contributed by atoms with Gasteiger partial charge in [0, 0.05) is 18.1 Å². The number of carbonyl (C=O) groups is 4. The zero-order chi connectivity index (χ0) is 23.8. The van der Waals surface area contributed by atoms with Gasteiger partial charge in [0.1, 0.15) is 12.2 Å². The molecule has 0 radical (unpaired) electrons. The number of fused-ring (bicyclic) bond motifs is 3. The summed E-state index contributed by atoms with van der Waals surface area (Å²) in [7, 11) is 1.20. The molecule has 0 aromatic rings. The molecule has 9 heteroatoms. The Morgan fingerprint density at radius 3 is 2.53 bits per heavy atom. The van der Waals surface area contributed by atoms with Crippen molar-refractivity contribution in [1.29, 1.82) is 0 Å². The highest BCUT2D eigenvalue weighted by molar-refractivity contribution is 5.93. The SMILES string of the molecule is C=C1C(=O)O[C@H]2[C@@H]1[C@@H](OC(=O)/C(C)=C\C)[C@H](OC(C)=O)/C(C(=O)OC)=C\CC[C@@]1(C)O[C@H]21. The van der Waals surface area contributed by atoms with Crippen LogP contribution in [0, 0.1) is 5.92 Å². The molecular formula is C23H28O9. The van der Waals surface area contributed by atoms with Crippen molar-refractivity contribution in [3.63, 3.8) is 0 Å². The fraction of sp³-hybridized carbons (Fsp3) is 0.565. The lowest BCUT2D eigenvalue weighted by molar-refractivity contribution is -0.168. The molecule has 32 heavy (non-hydrogen) atoms. The van der Waals surface area contributed by atoms with Gasteiger partial charge < -0.3 is 23.7 Å². The average molecular weight is 448 g/mol. The van der Waals surface area contributed by atoms with Crippen LogP contribution >= 0.6 is 0 Å². The molecule has 0 unspecified atom stereocenters. The van der Waals surface area contributed by atoms with Crippen LogP contribution in [0.2, 0.25) is 0 Å². The first-order valence-corrected chi connectivity index (χ1v) is 10.4. The van der Waals surface area contributed by atoms with E-state index in [1.54, 1.807) is 26.0 Å². The predicted molar refractivity (Wildman–Crippen MR) is 110 cm³/mol. The van der Waals surface area contributed by atoms with Crippen LogP contribution in [0.15, 0.2) is 35.5 Å². The van der Waals surface area contributed by atoms with Crippen molar-refractivity contribution in [2.45, 2.75) is 70.6 Å². The van der Waals surface area contributed by atoms with E-state index in [1.165, 1.54) is 14.0 Å². The van der Waals surface area contributed by atoms with E-state index in [4.69, 9.17) is 23.7 Å². The molecule has 9 nitrogen and oxygen atoms in total. The molecule has 0 spiro atoms. The Balaban J connectivity index is 2.17. The maximum Gasteiger partial charge on any atom is 0.337 e. The van der Waals surface area contributed by atoms with Gasteiger partial charge >= 0.3 is 23.9 Å². The summed E-state index contributed by atoms with van der Waals surface area (Å²) < 4.78 is 27.6. The normalized spacial score (nSPS) is 36.0. The van der Waals surface area contributed by atoms with Gasteiger partial charge in [0.05, 0.1) is 24.2 Å². The van der Waals surface area contributed by atoms with Gasteiger partial charge in [-0.1, -0.05) is 18.7 Å². The number of carbonyl (C=O) groups excluding carboxylic acids is 4. The minimum absolute atomic E-state index is 0.00669. The Morgan fingerprint density at radius 2 is 1.94 bits per heavy atom. The quantitative estimate of drug-likeness (QED) is 0.275. The number of hydrogen-bond acceptors (Lipinski definition) is 9. The summed E-state index contributed by atoms with van der Waals surface area (Å²) in [5.41, 5.74) is -0.238. The average Bonchev–Trinajstić information content (AvgIpc) is 3.33. The van der Waals surface area contributed by atoms with Crippen LogP contribution in [-0.2, 0) is 42.9 Å². The fourth-order valence-corrected chi connectivity index (χ4v) is 4.21. The van der Waals surface area contributed by atoms with Crippen LogP contribution in [0.4, 0.5) is 0 Å². The molecular weight excluding hydrogens is 420 g/mol. The van der Waals surface area contributed by atoms with E-state index in [0.717, 1.165) is 0 Å². The third kappa shape index (κ3) is 4.34. The monoisotopic (exact) mass is 448 g/mol. The fourth-order valence-electron chi connectivity index (χ4n) is 4.21. The zero-order valence-corrected chi connectivity index (χ0v) is 18.8. The minimum Gasteiger partial charge on any atom is -0.466 e. The summed E-state index contributed by atoms with van der Waals surface area (Å²) in [6.07, 6.45) is 0.190. The first-order chi connectivity index (χ1) is 15.0. The molecule has 3 rings (SSSR count). The highest BCUT2D eigenvalue weighted by Crippen LogP contribution is 2.50. The van der Waals surface area contributed by atoms with E-state index in [1.807, 2.05) is 6.92 Å². The van der Waals surface area contributed by atoms with E-state index in [-0.39, 0.29) is 11.1 Å². The van der Waals surface area contributed by atoms with Crippen LogP contribution < -0.4 is 0 Å². The molecule has 0 bridgehead atoms. The topological polar surface area (TPSA) is 118 Å². The second kappa shape index (κ2) is 8.90. The third-order valence-corrected chi connectivity index (χ3v) is 6.18. The summed E-state index contributed by atoms with van der Waals surface area (Å²) in [6.45, 7) is 10.1. The molecule has 2 saturated heterocycles. The molecule has 174 valence electrons. The minimum atomic E-state index is -1.34. The van der Waals surface area contributed by atoms with E-state index >= 15 is 0 Å². The maximum absolute atomic E-state index is 12.8. The zero-order valence-electron chi connectivity index (χ0n) is 18.8. The van der Waals surface area contributed by atoms with E-state index in [9.17, 15) is 19.2 Å². The van der Waals surface area contributed by atoms with Gasteiger partial charge in [-0.15, -0.1) is 0 Å². The molecule has 0 aromatic carbocycles. The summed E-state index contributed by atoms with van der Waals surface area (Å²) in [5, 5.41) is 0. The van der Waals surface area contributed by atoms with Crippen LogP contribution in [0.1, 0.15) is 40.5 Å². The van der Waals surface area contributed by atoms with Gasteiger partial charge in [0.2, 0.25) is 0 Å². The Bertz CT molecular complexity index is 914. The maximum atomic E-state index is 12.8. The Morgan fingerprint density at radius 1 is 1.25 bits per heavy atom. The van der Waals surface area contributed by atoms with Gasteiger partial charge in [0.15, 0.2) is 12.2 Å². The third-order valence-electron chi connectivity index (χ3n) is 6.18. The van der Waals surface area contributed by atoms with E-state index < -0.39 is 59.8 Å². The number of epoxide rings is 1. The van der Waals surface area contributed by atoms with Crippen LogP contribution in [0.25, 0.3) is 0 Å². The second-order valence-corrected chi connectivity index (χ2v) is 8.33. The number of hydrogen-bond donors (Lipinski definition) is 0. The van der Waals surface area contributed by atoms with Crippen molar-refractivity contribution in [2.24, 2.45) is 5.92 Å². The number of ether oxygens (including phenoxy) is 5. The summed E-state index contributed by atoms with van der Waals surface area (Å²) >= 11 is 0. The smallest absolute Gasteiger partial charge is 0.337 e. The summed E-state index contributed by atoms with van der Waals surface area (Å²) in [4.78, 5) is 49.9. The van der Waals surface area contributed by atoms with Crippen LogP contribution in [-0.4, -0.2) is 61.0 Å². The molecule has 2 aliphatic heterocycles. The van der Waals surface area contributed by atoms with Crippen molar-refractivity contribution < 1.29 is 42.9 Å². The van der Waals surface area contributed by atoms with E-state index in [0.29, 0.717) is 18.4 Å². The molecule has 0 saturated carbocycles. The van der Waals surface area contributed by atoms with Crippen molar-refractivity contribution >= 4 is 23.9 Å². The molecule has 0 amide bonds. The molecule has 0 N–H and O–H groups in total. The predicted octanol–water partition coefficient (Wildman–Crippen LogP) is 1.94. The van der Waals surface area contributed by atoms with Gasteiger partial charge in [-0.05, 0) is 33.6 Å². The van der Waals surface area contributed by atoms with Gasteiger partial charge in [-0.3, -0.25) is 4.79 Å². The number of methoxy groups -OCH3 is 1. The number of esters is 4. The van der Waals surface area contributed by atoms with Crippen LogP contribution in [0.5, 0.6) is 0 Å². The first-order valence-electron chi connectivity index (χ1n) is 10.4. The van der Waals surface area contributed by atoms with Crippen molar-refractivity contribution in [3.05, 3.63) is 35.5 Å². The van der Waals surface area contributed by atoms with Gasteiger partial charge in [-0.2, -0.15) is 0 Å². The first kappa shape index (κ1) is 23.7. The highest BCUT2D eigenvalue weighted by atomic mass is 16.7. The standard InChI is InChI=1S/C23H28O9/c1-7-11(2)20(25)30-17-15-12(3)21(26)31-18(15)19-23(5,32-19)10-8-9-14(22(27)28-6)16(17)29-13(4)24/h7,9,15-19H,3,8,10H2,1-2,4-6H3/b11-7-,14-9+/t15-,16+,17+,18-,19+,23+/m0/s1. The number of rotatable bonds is 4. The van der Waals surface area contributed by atoms with Gasteiger partial charge in [-0.25, -0.2) is 14.4 Å². The lowest BCUT2D eigenvalue weighted by Gasteiger charge is -2.33. The molecule has 2 heterocycles. The number of allylic oxidation sites excluding steroid dienone is 2. The van der Waals surface area contributed by atoms with Gasteiger partial charge in [0.25, 0.3) is 0 Å². The lowest BCUT2D eigenvalue weighted by atomic mass is 9.80. The summed E-state index contributed by atoms with van der Waals surface area (Å²) in [6, 6.07) is 0. The highest BCUT2D eigenvalue weighted by Gasteiger charge is 2.64. The Kier molecular flexibility index (Phi) is 6.59. The van der Waals surface area contributed by atoms with Crippen molar-refractivity contribution in [3.8, 4) is 0 Å². The van der Waals surface area contributed by atoms with Crippen molar-refractivity contribution in [1.82, 2.24) is 0 Å². The Labute approximate surface area is 186 Å². The molecule has 2 fully saturated rings. The molecule has 0 aromatic heterocycles. The summed E-state index contributed by atoms with van der Waals surface area (Å²) in [5.74, 6) is -3.71. The second-order valence-electron chi connectivity index (χ2n) is 8.33. The lowest BCUT2D eigenvalue weighted by Crippen LogP contribution is -2.48.